The normalized spacial score (nSPS) is 22.1. The van der Waals surface area contributed by atoms with Crippen molar-refractivity contribution in [3.63, 3.8) is 0 Å². The fraction of sp³-hybridized carbons (Fsp3) is 0.692. The van der Waals surface area contributed by atoms with Crippen LogP contribution in [0, 0.1) is 13.8 Å². The highest BCUT2D eigenvalue weighted by atomic mass is 15.3. The summed E-state index contributed by atoms with van der Waals surface area (Å²) in [5, 5.41) is 3.36. The summed E-state index contributed by atoms with van der Waals surface area (Å²) in [7, 11) is 4.36. The van der Waals surface area contributed by atoms with Crippen LogP contribution in [0.3, 0.4) is 0 Å². The Balaban J connectivity index is 1.94. The minimum atomic E-state index is 0.521. The van der Waals surface area contributed by atoms with Crippen molar-refractivity contribution in [1.29, 1.82) is 0 Å². The largest absolute Gasteiger partial charge is 0.353 e. The number of piperazine rings is 1. The zero-order valence-electron chi connectivity index (χ0n) is 11.8. The second-order valence-electron chi connectivity index (χ2n) is 5.25. The lowest BCUT2D eigenvalue weighted by Gasteiger charge is -2.37. The maximum absolute atomic E-state index is 4.41. The van der Waals surface area contributed by atoms with Crippen LogP contribution in [-0.2, 0) is 0 Å². The first kappa shape index (κ1) is 13.2. The van der Waals surface area contributed by atoms with Gasteiger partial charge in [0.2, 0.25) is 5.95 Å². The summed E-state index contributed by atoms with van der Waals surface area (Å²) < 4.78 is 0. The zero-order valence-corrected chi connectivity index (χ0v) is 11.8. The van der Waals surface area contributed by atoms with E-state index in [-0.39, 0.29) is 0 Å². The van der Waals surface area contributed by atoms with Crippen LogP contribution in [0.15, 0.2) is 6.07 Å². The van der Waals surface area contributed by atoms with Crippen LogP contribution >= 0.6 is 0 Å². The van der Waals surface area contributed by atoms with Crippen molar-refractivity contribution < 1.29 is 0 Å². The predicted molar refractivity (Wildman–Crippen MR) is 73.9 cm³/mol. The van der Waals surface area contributed by atoms with Crippen LogP contribution in [0.25, 0.3) is 0 Å². The average molecular weight is 249 g/mol. The number of nitrogens with one attached hydrogen (secondary N) is 1. The maximum Gasteiger partial charge on any atom is 0.223 e. The van der Waals surface area contributed by atoms with Gasteiger partial charge in [-0.15, -0.1) is 0 Å². The lowest BCUT2D eigenvalue weighted by atomic mass is 10.2. The Morgan fingerprint density at radius 1 is 1.22 bits per heavy atom. The Kier molecular flexibility index (Phi) is 4.14. The molecular weight excluding hydrogens is 226 g/mol. The van der Waals surface area contributed by atoms with Gasteiger partial charge < -0.3 is 10.2 Å². The smallest absolute Gasteiger partial charge is 0.223 e. The van der Waals surface area contributed by atoms with Crippen LogP contribution in [0.2, 0.25) is 0 Å². The van der Waals surface area contributed by atoms with Gasteiger partial charge in [0.05, 0.1) is 0 Å². The highest BCUT2D eigenvalue weighted by Gasteiger charge is 2.21. The molecule has 1 atom stereocenters. The molecule has 2 heterocycles. The molecule has 0 bridgehead atoms. The Morgan fingerprint density at radius 2 is 1.89 bits per heavy atom. The molecular formula is C13H23N5. The molecule has 1 N–H and O–H groups in total. The highest BCUT2D eigenvalue weighted by Crippen LogP contribution is 2.08. The fourth-order valence-corrected chi connectivity index (χ4v) is 2.34. The lowest BCUT2D eigenvalue weighted by molar-refractivity contribution is 0.121. The van der Waals surface area contributed by atoms with Crippen molar-refractivity contribution in [2.45, 2.75) is 19.9 Å². The Hall–Kier alpha value is -1.20. The summed E-state index contributed by atoms with van der Waals surface area (Å²) in [5.41, 5.74) is 2.03. The van der Waals surface area contributed by atoms with Crippen LogP contribution in [0.1, 0.15) is 11.4 Å². The monoisotopic (exact) mass is 249 g/mol. The summed E-state index contributed by atoms with van der Waals surface area (Å²) in [5.74, 6) is 0.745. The number of rotatable bonds is 3. The molecule has 100 valence electrons. The van der Waals surface area contributed by atoms with Crippen molar-refractivity contribution in [2.75, 3.05) is 45.6 Å². The third kappa shape index (κ3) is 3.40. The van der Waals surface area contributed by atoms with Crippen LogP contribution in [-0.4, -0.2) is 66.1 Å². The van der Waals surface area contributed by atoms with Gasteiger partial charge in [-0.2, -0.15) is 0 Å². The van der Waals surface area contributed by atoms with Crippen molar-refractivity contribution in [3.05, 3.63) is 17.5 Å². The van der Waals surface area contributed by atoms with E-state index in [0.717, 1.165) is 43.5 Å². The van der Waals surface area contributed by atoms with Crippen molar-refractivity contribution in [3.8, 4) is 0 Å². The van der Waals surface area contributed by atoms with E-state index < -0.39 is 0 Å². The molecule has 5 nitrogen and oxygen atoms in total. The van der Waals surface area contributed by atoms with Gasteiger partial charge in [0.1, 0.15) is 0 Å². The second-order valence-corrected chi connectivity index (χ2v) is 5.25. The molecule has 18 heavy (non-hydrogen) atoms. The summed E-state index contributed by atoms with van der Waals surface area (Å²) in [4.78, 5) is 13.6. The maximum atomic E-state index is 4.41. The van der Waals surface area contributed by atoms with E-state index in [9.17, 15) is 0 Å². The van der Waals surface area contributed by atoms with Crippen molar-refractivity contribution >= 4 is 5.95 Å². The molecule has 1 aliphatic rings. The van der Waals surface area contributed by atoms with E-state index in [1.165, 1.54) is 0 Å². The summed E-state index contributed by atoms with van der Waals surface area (Å²) >= 11 is 0. The van der Waals surface area contributed by atoms with Crippen LogP contribution in [0.5, 0.6) is 0 Å². The fourth-order valence-electron chi connectivity index (χ4n) is 2.34. The first-order valence-corrected chi connectivity index (χ1v) is 6.49. The Bertz CT molecular complexity index is 386. The highest BCUT2D eigenvalue weighted by molar-refractivity contribution is 5.27. The second kappa shape index (κ2) is 5.63. The number of hydrogen-bond acceptors (Lipinski definition) is 5. The van der Waals surface area contributed by atoms with E-state index in [2.05, 4.69) is 39.2 Å². The van der Waals surface area contributed by atoms with Crippen LogP contribution in [0.4, 0.5) is 5.95 Å². The minimum Gasteiger partial charge on any atom is -0.353 e. The van der Waals surface area contributed by atoms with Gasteiger partial charge in [-0.05, 0) is 34.0 Å². The molecule has 1 saturated heterocycles. The zero-order chi connectivity index (χ0) is 13.1. The van der Waals surface area contributed by atoms with Gasteiger partial charge in [-0.25, -0.2) is 9.97 Å². The quantitative estimate of drug-likeness (QED) is 0.856. The molecule has 0 spiro atoms. The third-order valence-electron chi connectivity index (χ3n) is 3.46. The molecule has 2 rings (SSSR count). The summed E-state index contributed by atoms with van der Waals surface area (Å²) in [6, 6.07) is 2.51. The van der Waals surface area contributed by atoms with E-state index in [4.69, 9.17) is 0 Å². The molecule has 1 fully saturated rings. The molecule has 5 heteroatoms. The van der Waals surface area contributed by atoms with E-state index >= 15 is 0 Å². The lowest BCUT2D eigenvalue weighted by Crippen LogP contribution is -2.52. The first-order valence-electron chi connectivity index (χ1n) is 6.49. The third-order valence-corrected chi connectivity index (χ3v) is 3.46. The number of aryl methyl sites for hydroxylation is 2. The van der Waals surface area contributed by atoms with Crippen LogP contribution < -0.4 is 5.32 Å². The number of anilines is 1. The summed E-state index contributed by atoms with van der Waals surface area (Å²) in [6.45, 7) is 8.25. The Morgan fingerprint density at radius 3 is 2.56 bits per heavy atom. The van der Waals surface area contributed by atoms with Gasteiger partial charge in [0.25, 0.3) is 0 Å². The number of likely N-dealkylation sites (N-methyl/N-ethyl adjacent to an activating group) is 2. The molecule has 1 aromatic heterocycles. The van der Waals surface area contributed by atoms with Gasteiger partial charge in [0.15, 0.2) is 0 Å². The predicted octanol–water partition coefficient (Wildman–Crippen LogP) is 0.751. The molecule has 0 aliphatic carbocycles. The standard InChI is InChI=1S/C13H23N5/c1-10-7-11(2)16-13(15-10)14-8-12-9-17(3)5-6-18(12)4/h7,12H,5-6,8-9H2,1-4H3,(H,14,15,16). The van der Waals surface area contributed by atoms with Crippen molar-refractivity contribution in [2.24, 2.45) is 0 Å². The van der Waals surface area contributed by atoms with Gasteiger partial charge in [-0.1, -0.05) is 0 Å². The first-order chi connectivity index (χ1) is 8.54. The Labute approximate surface area is 109 Å². The van der Waals surface area contributed by atoms with Gasteiger partial charge in [0, 0.05) is 43.6 Å². The number of hydrogen-bond donors (Lipinski definition) is 1. The number of nitrogens with zero attached hydrogens (tertiary/aromatic N) is 4. The minimum absolute atomic E-state index is 0.521. The average Bonchev–Trinajstić information content (AvgIpc) is 2.29. The summed E-state index contributed by atoms with van der Waals surface area (Å²) in [6.07, 6.45) is 0. The molecule has 1 aliphatic heterocycles. The number of aromatic nitrogens is 2. The van der Waals surface area contributed by atoms with E-state index in [0.29, 0.717) is 6.04 Å². The molecule has 1 aromatic rings. The molecule has 1 unspecified atom stereocenters. The topological polar surface area (TPSA) is 44.3 Å². The van der Waals surface area contributed by atoms with Gasteiger partial charge >= 0.3 is 0 Å². The van der Waals surface area contributed by atoms with Gasteiger partial charge in [-0.3, -0.25) is 4.90 Å². The molecule has 0 aromatic carbocycles. The molecule has 0 amide bonds. The molecule has 0 radical (unpaired) electrons. The van der Waals surface area contributed by atoms with E-state index in [1.807, 2.05) is 19.9 Å². The molecule has 0 saturated carbocycles. The SMILES string of the molecule is Cc1cc(C)nc(NCC2CN(C)CCN2C)n1. The van der Waals surface area contributed by atoms with Crippen molar-refractivity contribution in [1.82, 2.24) is 19.8 Å². The van der Waals surface area contributed by atoms with E-state index in [1.54, 1.807) is 0 Å².